The smallest absolute Gasteiger partial charge is 0.160 e. The molecule has 3 heteroatoms. The highest BCUT2D eigenvalue weighted by Crippen LogP contribution is 2.39. The summed E-state index contributed by atoms with van der Waals surface area (Å²) < 4.78 is 35.2. The zero-order valence-electron chi connectivity index (χ0n) is 18.9. The molecule has 0 saturated carbocycles. The van der Waals surface area contributed by atoms with Crippen LogP contribution in [0, 0.1) is 13.8 Å². The maximum Gasteiger partial charge on any atom is 0.160 e. The van der Waals surface area contributed by atoms with Crippen LogP contribution in [0.25, 0.3) is 42.8 Å². The summed E-state index contributed by atoms with van der Waals surface area (Å²) in [5.74, 6) is 0.250. The topological polar surface area (TPSA) is 25.8 Å². The van der Waals surface area contributed by atoms with Crippen LogP contribution in [-0.2, 0) is 0 Å². The van der Waals surface area contributed by atoms with Crippen molar-refractivity contribution in [1.29, 1.82) is 0 Å². The fraction of sp³-hybridized carbons (Fsp3) is 0.0833. The lowest BCUT2D eigenvalue weighted by molar-refractivity contribution is 1.12. The van der Waals surface area contributed by atoms with E-state index < -0.39 is 0 Å². The molecule has 0 aliphatic rings. The lowest BCUT2D eigenvalue weighted by Crippen LogP contribution is -1.95. The average Bonchev–Trinajstić information content (AvgIpc) is 3.15. The van der Waals surface area contributed by atoms with E-state index in [1.807, 2.05) is 37.3 Å². The molecule has 0 amide bonds. The number of nitrogens with zero attached hydrogens (tertiary/aromatic N) is 2. The molecule has 2 nitrogen and oxygen atoms in total. The molecule has 3 aromatic carbocycles. The summed E-state index contributed by atoms with van der Waals surface area (Å²) in [6.45, 7) is 3.49. The molecule has 130 valence electrons. The highest BCUT2D eigenvalue weighted by Gasteiger charge is 2.13. The number of hydrogen-bond acceptors (Lipinski definition) is 3. The molecule has 0 saturated heterocycles. The van der Waals surface area contributed by atoms with E-state index in [4.69, 9.17) is 10.5 Å². The van der Waals surface area contributed by atoms with Gasteiger partial charge in [-0.15, -0.1) is 11.3 Å². The molecule has 0 bridgehead atoms. The Morgan fingerprint density at radius 2 is 1.78 bits per heavy atom. The number of benzene rings is 3. The lowest BCUT2D eigenvalue weighted by atomic mass is 10.1. The monoisotopic (exact) mass is 370 g/mol. The van der Waals surface area contributed by atoms with Crippen LogP contribution in [-0.4, -0.2) is 9.97 Å². The number of thiophene rings is 1. The highest BCUT2D eigenvalue weighted by atomic mass is 32.1. The molecule has 0 fully saturated rings. The molecule has 0 unspecified atom stereocenters. The number of rotatable bonds is 2. The van der Waals surface area contributed by atoms with Crippen LogP contribution in [0.5, 0.6) is 0 Å². The van der Waals surface area contributed by atoms with Crippen molar-refractivity contribution in [3.63, 3.8) is 0 Å². The van der Waals surface area contributed by atoms with Gasteiger partial charge in [0.1, 0.15) is 0 Å². The quantitative estimate of drug-likeness (QED) is 0.342. The molecule has 27 heavy (non-hydrogen) atoms. The van der Waals surface area contributed by atoms with Crippen LogP contribution in [0.2, 0.25) is 0 Å². The first-order chi connectivity index (χ1) is 14.9. The highest BCUT2D eigenvalue weighted by molar-refractivity contribution is 7.26. The maximum atomic E-state index is 8.46. The minimum absolute atomic E-state index is 0.0302. The summed E-state index contributed by atoms with van der Waals surface area (Å²) in [5, 5.41) is 2.37. The van der Waals surface area contributed by atoms with E-state index in [1.54, 1.807) is 18.3 Å². The Morgan fingerprint density at radius 3 is 2.70 bits per heavy atom. The predicted molar refractivity (Wildman–Crippen MR) is 115 cm³/mol. The van der Waals surface area contributed by atoms with Crippen molar-refractivity contribution in [3.8, 4) is 22.6 Å². The summed E-state index contributed by atoms with van der Waals surface area (Å²) in [4.78, 5) is 9.23. The minimum atomic E-state index is -0.207. The van der Waals surface area contributed by atoms with Crippen molar-refractivity contribution >= 4 is 31.5 Å². The third kappa shape index (κ3) is 2.81. The third-order valence-corrected chi connectivity index (χ3v) is 5.73. The molecule has 0 spiro atoms. The van der Waals surface area contributed by atoms with Crippen LogP contribution in [0.3, 0.4) is 0 Å². The van der Waals surface area contributed by atoms with E-state index in [1.165, 1.54) is 15.5 Å². The van der Waals surface area contributed by atoms with Crippen molar-refractivity contribution in [3.05, 3.63) is 84.0 Å². The van der Waals surface area contributed by atoms with Crippen LogP contribution < -0.4 is 0 Å². The van der Waals surface area contributed by atoms with E-state index in [0.717, 1.165) is 21.7 Å². The Bertz CT molecular complexity index is 1480. The van der Waals surface area contributed by atoms with Gasteiger partial charge in [0.15, 0.2) is 5.82 Å². The van der Waals surface area contributed by atoms with Crippen molar-refractivity contribution in [2.24, 2.45) is 0 Å². The van der Waals surface area contributed by atoms with Crippen molar-refractivity contribution in [2.45, 2.75) is 13.8 Å². The third-order valence-electron chi connectivity index (χ3n) is 4.51. The van der Waals surface area contributed by atoms with Gasteiger partial charge in [-0.3, -0.25) is 0 Å². The van der Waals surface area contributed by atoms with Gasteiger partial charge in [-0.25, -0.2) is 9.97 Å². The Morgan fingerprint density at radius 1 is 0.926 bits per heavy atom. The van der Waals surface area contributed by atoms with Gasteiger partial charge in [0.2, 0.25) is 0 Å². The molecule has 5 rings (SSSR count). The van der Waals surface area contributed by atoms with Crippen LogP contribution in [0.4, 0.5) is 0 Å². The number of aromatic nitrogens is 2. The van der Waals surface area contributed by atoms with Gasteiger partial charge in [-0.1, -0.05) is 60.1 Å². The van der Waals surface area contributed by atoms with Crippen LogP contribution in [0.1, 0.15) is 16.7 Å². The van der Waals surface area contributed by atoms with Crippen molar-refractivity contribution in [1.82, 2.24) is 9.97 Å². The van der Waals surface area contributed by atoms with Gasteiger partial charge >= 0.3 is 0 Å². The van der Waals surface area contributed by atoms with E-state index in [-0.39, 0.29) is 35.6 Å². The molecule has 0 aliphatic heterocycles. The van der Waals surface area contributed by atoms with E-state index >= 15 is 0 Å². The summed E-state index contributed by atoms with van der Waals surface area (Å²) in [5.41, 5.74) is 2.97. The Labute approximate surface area is 167 Å². The molecular weight excluding hydrogens is 348 g/mol. The van der Waals surface area contributed by atoms with Gasteiger partial charge in [0, 0.05) is 37.0 Å². The molecule has 0 radical (unpaired) electrons. The van der Waals surface area contributed by atoms with Crippen molar-refractivity contribution in [2.75, 3.05) is 0 Å². The number of aryl methyl sites for hydroxylation is 1. The molecule has 0 N–H and O–H groups in total. The summed E-state index contributed by atoms with van der Waals surface area (Å²) in [6, 6.07) is 15.9. The van der Waals surface area contributed by atoms with Gasteiger partial charge in [-0.2, -0.15) is 0 Å². The molecular formula is C24H18N2S. The van der Waals surface area contributed by atoms with Gasteiger partial charge in [0.05, 0.1) is 11.2 Å². The standard InChI is InChI=1S/C24H18N2S/c1-15-7-5-8-17(13-15)24-25-16(2)14-21(26-24)20-11-6-10-19-18-9-3-4-12-22(18)27-23(19)20/h3-14H,1-2H3/i5D,7D,8D,13D. The summed E-state index contributed by atoms with van der Waals surface area (Å²) in [6.07, 6.45) is 0. The minimum Gasteiger partial charge on any atom is -0.233 e. The molecule has 0 aliphatic carbocycles. The van der Waals surface area contributed by atoms with Gasteiger partial charge < -0.3 is 0 Å². The van der Waals surface area contributed by atoms with Crippen LogP contribution >= 0.6 is 11.3 Å². The fourth-order valence-corrected chi connectivity index (χ4v) is 4.54. The number of fused-ring (bicyclic) bond motifs is 3. The van der Waals surface area contributed by atoms with Gasteiger partial charge in [0.25, 0.3) is 0 Å². The Balaban J connectivity index is 1.79. The molecule has 5 aromatic rings. The first-order valence-electron chi connectivity index (χ1n) is 10.7. The molecule has 0 atom stereocenters. The van der Waals surface area contributed by atoms with E-state index in [2.05, 4.69) is 23.2 Å². The SMILES string of the molecule is [2H]c1c([2H])c(C)c([2H])c(-c2nc(C)cc(-c3cccc4c3sc3ccccc34)n2)c1[2H]. The zero-order chi connectivity index (χ0) is 21.9. The second-order valence-corrected chi connectivity index (χ2v) is 7.55. The second kappa shape index (κ2) is 6.29. The maximum absolute atomic E-state index is 8.46. The van der Waals surface area contributed by atoms with Crippen LogP contribution in [0.15, 0.2) is 72.7 Å². The first-order valence-corrected chi connectivity index (χ1v) is 9.52. The Hall–Kier alpha value is -3.04. The average molecular weight is 371 g/mol. The lowest BCUT2D eigenvalue weighted by Gasteiger charge is -2.08. The molecule has 2 heterocycles. The first kappa shape index (κ1) is 12.4. The van der Waals surface area contributed by atoms with E-state index in [9.17, 15) is 0 Å². The summed E-state index contributed by atoms with van der Waals surface area (Å²) >= 11 is 1.71. The second-order valence-electron chi connectivity index (χ2n) is 6.50. The molecule has 2 aromatic heterocycles. The predicted octanol–water partition coefficient (Wildman–Crippen LogP) is 6.80. The number of hydrogen-bond donors (Lipinski definition) is 0. The van der Waals surface area contributed by atoms with Crippen molar-refractivity contribution < 1.29 is 5.48 Å². The summed E-state index contributed by atoms with van der Waals surface area (Å²) in [7, 11) is 0. The Kier molecular flexibility index (Phi) is 2.88. The largest absolute Gasteiger partial charge is 0.233 e. The zero-order valence-corrected chi connectivity index (χ0v) is 15.7. The van der Waals surface area contributed by atoms with E-state index in [0.29, 0.717) is 5.56 Å². The normalized spacial score (nSPS) is 13.4. The fourth-order valence-electron chi connectivity index (χ4n) is 3.32. The van der Waals surface area contributed by atoms with Gasteiger partial charge in [-0.05, 0) is 32.0 Å².